The van der Waals surface area contributed by atoms with E-state index in [1.165, 1.54) is 77.0 Å². The molecule has 4 rings (SSSR count). The summed E-state index contributed by atoms with van der Waals surface area (Å²) in [6.07, 6.45) is 23.4. The number of hydrogen-bond donors (Lipinski definition) is 1. The molecule has 0 aromatic rings. The maximum absolute atomic E-state index is 10.2. The highest BCUT2D eigenvalue weighted by molar-refractivity contribution is 5.25. The molecule has 1 N–H and O–H groups in total. The Morgan fingerprint density at radius 3 is 2.38 bits per heavy atom. The first-order chi connectivity index (χ1) is 16.4. The lowest BCUT2D eigenvalue weighted by atomic mass is 9.47. The summed E-state index contributed by atoms with van der Waals surface area (Å²) in [5.74, 6) is 3.70. The van der Waals surface area contributed by atoms with Gasteiger partial charge in [-0.15, -0.1) is 0 Å². The van der Waals surface area contributed by atoms with Crippen LogP contribution in [0.5, 0.6) is 0 Å². The van der Waals surface area contributed by atoms with E-state index >= 15 is 0 Å². The Kier molecular flexibility index (Phi) is 11.9. The van der Waals surface area contributed by atoms with Crippen molar-refractivity contribution in [2.24, 2.45) is 34.5 Å². The van der Waals surface area contributed by atoms with Crippen LogP contribution in [0.15, 0.2) is 23.3 Å². The van der Waals surface area contributed by atoms with Gasteiger partial charge in [-0.1, -0.05) is 85.1 Å². The summed E-state index contributed by atoms with van der Waals surface area (Å²) in [7, 11) is 0. The van der Waals surface area contributed by atoms with Gasteiger partial charge in [-0.25, -0.2) is 0 Å². The molecule has 0 aromatic heterocycles. The van der Waals surface area contributed by atoms with E-state index in [4.69, 9.17) is 0 Å². The van der Waals surface area contributed by atoms with Crippen molar-refractivity contribution in [3.63, 3.8) is 0 Å². The second-order valence-corrected chi connectivity index (χ2v) is 11.9. The highest BCUT2D eigenvalue weighted by Crippen LogP contribution is 2.66. The van der Waals surface area contributed by atoms with E-state index < -0.39 is 0 Å². The van der Waals surface area contributed by atoms with Crippen LogP contribution in [0.25, 0.3) is 0 Å². The topological polar surface area (TPSA) is 20.2 Å². The molecule has 0 bridgehead atoms. The normalized spacial score (nSPS) is 38.8. The van der Waals surface area contributed by atoms with Crippen LogP contribution in [0, 0.1) is 34.5 Å². The van der Waals surface area contributed by atoms with Gasteiger partial charge < -0.3 is 5.11 Å². The first kappa shape index (κ1) is 29.7. The predicted molar refractivity (Wildman–Crippen MR) is 151 cm³/mol. The van der Waals surface area contributed by atoms with Crippen molar-refractivity contribution >= 4 is 0 Å². The summed E-state index contributed by atoms with van der Waals surface area (Å²) in [5, 5.41) is 10.2. The van der Waals surface area contributed by atoms with Crippen LogP contribution >= 0.6 is 0 Å². The molecule has 0 heterocycles. The van der Waals surface area contributed by atoms with Gasteiger partial charge in [-0.05, 0) is 118 Å². The zero-order chi connectivity index (χ0) is 25.4. The molecule has 7 atom stereocenters. The number of aliphatic hydroxyl groups excluding tert-OH is 1. The summed E-state index contributed by atoms with van der Waals surface area (Å²) in [6.45, 7) is 17.9. The Bertz CT molecular complexity index is 659. The van der Waals surface area contributed by atoms with Gasteiger partial charge in [0.1, 0.15) is 0 Å². The van der Waals surface area contributed by atoms with E-state index in [1.807, 2.05) is 27.7 Å². The summed E-state index contributed by atoms with van der Waals surface area (Å²) < 4.78 is 0. The van der Waals surface area contributed by atoms with Crippen molar-refractivity contribution in [1.82, 2.24) is 0 Å². The van der Waals surface area contributed by atoms with E-state index in [1.54, 1.807) is 11.1 Å². The van der Waals surface area contributed by atoms with Gasteiger partial charge in [-0.2, -0.15) is 0 Å². The minimum Gasteiger partial charge on any atom is -0.393 e. The molecule has 7 unspecified atom stereocenters. The first-order valence-corrected chi connectivity index (χ1v) is 15.5. The molecule has 0 saturated heterocycles. The Labute approximate surface area is 214 Å². The van der Waals surface area contributed by atoms with Gasteiger partial charge in [0.05, 0.1) is 6.10 Å². The first-order valence-electron chi connectivity index (χ1n) is 15.5. The third kappa shape index (κ3) is 6.04. The fourth-order valence-corrected chi connectivity index (χ4v) is 8.74. The van der Waals surface area contributed by atoms with Gasteiger partial charge in [0.15, 0.2) is 0 Å². The van der Waals surface area contributed by atoms with Gasteiger partial charge >= 0.3 is 0 Å². The van der Waals surface area contributed by atoms with E-state index in [0.29, 0.717) is 10.8 Å². The van der Waals surface area contributed by atoms with Crippen molar-refractivity contribution < 1.29 is 5.11 Å². The molecule has 0 aliphatic heterocycles. The number of aliphatic hydroxyl groups is 1. The van der Waals surface area contributed by atoms with Crippen LogP contribution in [0.4, 0.5) is 0 Å². The van der Waals surface area contributed by atoms with Crippen LogP contribution in [0.3, 0.4) is 0 Å². The molecule has 1 heteroatoms. The molecule has 3 fully saturated rings. The Morgan fingerprint density at radius 1 is 0.971 bits per heavy atom. The third-order valence-electron chi connectivity index (χ3n) is 10.4. The second kappa shape index (κ2) is 13.7. The van der Waals surface area contributed by atoms with Crippen LogP contribution in [-0.4, -0.2) is 11.2 Å². The summed E-state index contributed by atoms with van der Waals surface area (Å²) >= 11 is 0. The zero-order valence-electron chi connectivity index (χ0n) is 24.4. The standard InChI is InChI=1S/C29H48O.2C2H6/c1-5-8-21(9-6-2)10-7-11-22-13-15-26-25-14-12-23-20-24(30)16-18-29(23,4)27(25)17-19-28(22,26)3;2*1-2/h8,12,22,24-27,30H,5-7,9-11,13-20H2,1-4H3;2*1-2H3/b21-8+;;. The summed E-state index contributed by atoms with van der Waals surface area (Å²) in [6, 6.07) is 0. The number of rotatable bonds is 7. The maximum atomic E-state index is 10.2. The molecule has 4 aliphatic rings. The largest absolute Gasteiger partial charge is 0.393 e. The molecule has 3 saturated carbocycles. The fourth-order valence-electron chi connectivity index (χ4n) is 8.74. The van der Waals surface area contributed by atoms with E-state index in [-0.39, 0.29) is 6.10 Å². The smallest absolute Gasteiger partial charge is 0.0577 e. The van der Waals surface area contributed by atoms with Gasteiger partial charge in [-0.3, -0.25) is 0 Å². The van der Waals surface area contributed by atoms with Crippen LogP contribution in [0.2, 0.25) is 0 Å². The van der Waals surface area contributed by atoms with Crippen molar-refractivity contribution in [2.75, 3.05) is 0 Å². The molecule has 34 heavy (non-hydrogen) atoms. The highest BCUT2D eigenvalue weighted by atomic mass is 16.3. The number of hydrogen-bond acceptors (Lipinski definition) is 1. The average molecular weight is 473 g/mol. The lowest BCUT2D eigenvalue weighted by molar-refractivity contribution is -0.0508. The molecule has 0 aromatic carbocycles. The molecule has 1 nitrogen and oxygen atoms in total. The van der Waals surface area contributed by atoms with Crippen molar-refractivity contribution in [3.8, 4) is 0 Å². The van der Waals surface area contributed by atoms with Crippen molar-refractivity contribution in [2.45, 2.75) is 151 Å². The summed E-state index contributed by atoms with van der Waals surface area (Å²) in [5.41, 5.74) is 4.32. The Balaban J connectivity index is 0.000000970. The predicted octanol–water partition coefficient (Wildman–Crippen LogP) is 10.3. The van der Waals surface area contributed by atoms with Gasteiger partial charge in [0.2, 0.25) is 0 Å². The SMILES string of the molecule is CC.CC.CC/C=C(\CCC)CCCC1CCC2C3CC=C4CC(O)CCC4(C)C3CCC12C. The Hall–Kier alpha value is -0.560. The highest BCUT2D eigenvalue weighted by Gasteiger charge is 2.58. The average Bonchev–Trinajstić information content (AvgIpc) is 3.19. The molecule has 0 spiro atoms. The van der Waals surface area contributed by atoms with Crippen LogP contribution in [0.1, 0.15) is 145 Å². The fraction of sp³-hybridized carbons (Fsp3) is 0.879. The lowest BCUT2D eigenvalue weighted by Gasteiger charge is -2.58. The Morgan fingerprint density at radius 2 is 1.71 bits per heavy atom. The molecular formula is C33H60O. The van der Waals surface area contributed by atoms with Crippen LogP contribution in [-0.2, 0) is 0 Å². The van der Waals surface area contributed by atoms with Crippen LogP contribution < -0.4 is 0 Å². The maximum Gasteiger partial charge on any atom is 0.0577 e. The van der Waals surface area contributed by atoms with Crippen molar-refractivity contribution in [3.05, 3.63) is 23.3 Å². The minimum absolute atomic E-state index is 0.0788. The minimum atomic E-state index is -0.0788. The monoisotopic (exact) mass is 472 g/mol. The molecule has 198 valence electrons. The molecule has 4 aliphatic carbocycles. The zero-order valence-corrected chi connectivity index (χ0v) is 24.4. The lowest BCUT2D eigenvalue weighted by Crippen LogP contribution is -2.50. The third-order valence-corrected chi connectivity index (χ3v) is 10.4. The summed E-state index contributed by atoms with van der Waals surface area (Å²) in [4.78, 5) is 0. The van der Waals surface area contributed by atoms with E-state index in [9.17, 15) is 5.11 Å². The quantitative estimate of drug-likeness (QED) is 0.365. The van der Waals surface area contributed by atoms with Gasteiger partial charge in [0.25, 0.3) is 0 Å². The number of allylic oxidation sites excluding steroid dienone is 3. The van der Waals surface area contributed by atoms with E-state index in [2.05, 4.69) is 39.8 Å². The van der Waals surface area contributed by atoms with E-state index in [0.717, 1.165) is 36.5 Å². The van der Waals surface area contributed by atoms with Gasteiger partial charge in [0, 0.05) is 0 Å². The number of fused-ring (bicyclic) bond motifs is 5. The molecular weight excluding hydrogens is 412 g/mol. The second-order valence-electron chi connectivity index (χ2n) is 11.9. The van der Waals surface area contributed by atoms with Crippen molar-refractivity contribution in [1.29, 1.82) is 0 Å². The molecule has 0 amide bonds. The molecule has 0 radical (unpaired) electrons.